The molecule has 1 aromatic heterocycles. The molecular weight excluding hydrogens is 245 g/mol. The van der Waals surface area contributed by atoms with Gasteiger partial charge in [-0.25, -0.2) is 9.07 Å². The van der Waals surface area contributed by atoms with Gasteiger partial charge in [-0.05, 0) is 24.6 Å². The maximum Gasteiger partial charge on any atom is 0.142 e. The van der Waals surface area contributed by atoms with E-state index in [2.05, 4.69) is 10.3 Å². The molecule has 1 N–H and O–H groups in total. The van der Waals surface area contributed by atoms with Gasteiger partial charge in [-0.1, -0.05) is 22.9 Å². The molecule has 1 atom stereocenters. The van der Waals surface area contributed by atoms with E-state index in [9.17, 15) is 9.50 Å². The lowest BCUT2D eigenvalue weighted by molar-refractivity contribution is 0.194. The molecule has 4 nitrogen and oxygen atoms in total. The van der Waals surface area contributed by atoms with Crippen LogP contribution in [0.2, 0.25) is 5.02 Å². The second-order valence-corrected chi connectivity index (χ2v) is 4.17. The van der Waals surface area contributed by atoms with E-state index in [0.717, 1.165) is 5.56 Å². The van der Waals surface area contributed by atoms with E-state index >= 15 is 0 Å². The van der Waals surface area contributed by atoms with Gasteiger partial charge in [0.2, 0.25) is 0 Å². The minimum absolute atomic E-state index is 0.0945. The van der Waals surface area contributed by atoms with Crippen LogP contribution in [0.3, 0.4) is 0 Å². The summed E-state index contributed by atoms with van der Waals surface area (Å²) >= 11 is 5.59. The number of aliphatic hydroxyl groups excluding tert-OH is 1. The Morgan fingerprint density at radius 2 is 2.29 bits per heavy atom. The molecule has 0 radical (unpaired) electrons. The fourth-order valence-electron chi connectivity index (χ4n) is 1.41. The van der Waals surface area contributed by atoms with Crippen molar-refractivity contribution in [2.45, 2.75) is 19.6 Å². The van der Waals surface area contributed by atoms with E-state index < -0.39 is 11.9 Å². The second-order valence-electron chi connectivity index (χ2n) is 3.77. The van der Waals surface area contributed by atoms with Crippen LogP contribution >= 0.6 is 11.6 Å². The highest BCUT2D eigenvalue weighted by Crippen LogP contribution is 2.16. The van der Waals surface area contributed by atoms with Crippen LogP contribution in [-0.2, 0) is 6.54 Å². The van der Waals surface area contributed by atoms with Crippen LogP contribution in [0, 0.1) is 5.82 Å². The summed E-state index contributed by atoms with van der Waals surface area (Å²) in [5.41, 5.74) is 1.22. The second kappa shape index (κ2) is 4.81. The molecule has 6 heteroatoms. The van der Waals surface area contributed by atoms with Gasteiger partial charge in [0.15, 0.2) is 0 Å². The summed E-state index contributed by atoms with van der Waals surface area (Å²) in [6, 6.07) is 4.57. The van der Waals surface area contributed by atoms with E-state index in [1.54, 1.807) is 19.2 Å². The van der Waals surface area contributed by atoms with Gasteiger partial charge >= 0.3 is 0 Å². The highest BCUT2D eigenvalue weighted by Gasteiger charge is 2.07. The first-order valence-corrected chi connectivity index (χ1v) is 5.46. The smallest absolute Gasteiger partial charge is 0.142 e. The Labute approximate surface area is 103 Å². The number of aliphatic hydroxyl groups is 1. The largest absolute Gasteiger partial charge is 0.387 e. The summed E-state index contributed by atoms with van der Waals surface area (Å²) in [6.45, 7) is 1.99. The lowest BCUT2D eigenvalue weighted by Crippen LogP contribution is -2.00. The van der Waals surface area contributed by atoms with E-state index in [-0.39, 0.29) is 5.02 Å². The Morgan fingerprint density at radius 1 is 1.53 bits per heavy atom. The monoisotopic (exact) mass is 255 g/mol. The van der Waals surface area contributed by atoms with E-state index in [1.165, 1.54) is 16.8 Å². The number of hydrogen-bond acceptors (Lipinski definition) is 3. The van der Waals surface area contributed by atoms with Crippen LogP contribution in [0.25, 0.3) is 0 Å². The molecule has 0 aliphatic carbocycles. The first kappa shape index (κ1) is 12.0. The summed E-state index contributed by atoms with van der Waals surface area (Å²) in [5, 5.41) is 17.0. The minimum atomic E-state index is -0.661. The highest BCUT2D eigenvalue weighted by atomic mass is 35.5. The van der Waals surface area contributed by atoms with Crippen molar-refractivity contribution in [2.75, 3.05) is 0 Å². The van der Waals surface area contributed by atoms with Gasteiger partial charge in [-0.3, -0.25) is 0 Å². The van der Waals surface area contributed by atoms with Gasteiger partial charge in [0.05, 0.1) is 23.9 Å². The fourth-order valence-corrected chi connectivity index (χ4v) is 1.52. The molecule has 0 amide bonds. The van der Waals surface area contributed by atoms with Crippen molar-refractivity contribution < 1.29 is 9.50 Å². The van der Waals surface area contributed by atoms with Crippen molar-refractivity contribution in [1.29, 1.82) is 0 Å². The molecule has 0 aliphatic heterocycles. The molecule has 0 aliphatic rings. The van der Waals surface area contributed by atoms with Crippen molar-refractivity contribution in [3.8, 4) is 0 Å². The van der Waals surface area contributed by atoms with E-state index in [0.29, 0.717) is 12.2 Å². The first-order chi connectivity index (χ1) is 8.06. The van der Waals surface area contributed by atoms with Crippen molar-refractivity contribution in [2.24, 2.45) is 0 Å². The number of aromatic nitrogens is 3. The molecule has 0 saturated carbocycles. The quantitative estimate of drug-likeness (QED) is 0.915. The lowest BCUT2D eigenvalue weighted by Gasteiger charge is -2.02. The Morgan fingerprint density at radius 3 is 2.88 bits per heavy atom. The molecule has 1 unspecified atom stereocenters. The Kier molecular flexibility index (Phi) is 3.40. The lowest BCUT2D eigenvalue weighted by atomic mass is 10.2. The molecule has 0 saturated heterocycles. The summed E-state index contributed by atoms with van der Waals surface area (Å²) in [6.07, 6.45) is 0.961. The van der Waals surface area contributed by atoms with Crippen molar-refractivity contribution in [3.05, 3.63) is 46.5 Å². The van der Waals surface area contributed by atoms with Crippen molar-refractivity contribution >= 4 is 11.6 Å². The molecular formula is C11H11ClFN3O. The minimum Gasteiger partial charge on any atom is -0.387 e. The first-order valence-electron chi connectivity index (χ1n) is 5.08. The van der Waals surface area contributed by atoms with Crippen LogP contribution in [0.4, 0.5) is 4.39 Å². The van der Waals surface area contributed by atoms with Gasteiger partial charge in [-0.15, -0.1) is 5.10 Å². The SMILES string of the molecule is CC(O)c1cn(Cc2ccc(Cl)c(F)c2)nn1. The third-order valence-electron chi connectivity index (χ3n) is 2.31. The summed E-state index contributed by atoms with van der Waals surface area (Å²) < 4.78 is 14.7. The van der Waals surface area contributed by atoms with Gasteiger partial charge in [0.25, 0.3) is 0 Å². The van der Waals surface area contributed by atoms with E-state index in [1.807, 2.05) is 0 Å². The number of nitrogens with zero attached hydrogens (tertiary/aromatic N) is 3. The molecule has 1 aromatic carbocycles. The zero-order valence-corrected chi connectivity index (χ0v) is 9.89. The standard InChI is InChI=1S/C11H11ClFN3O/c1-7(17)11-6-16(15-14-11)5-8-2-3-9(12)10(13)4-8/h2-4,6-7,17H,5H2,1H3. The molecule has 1 heterocycles. The summed E-state index contributed by atoms with van der Waals surface area (Å²) in [7, 11) is 0. The zero-order chi connectivity index (χ0) is 12.4. The summed E-state index contributed by atoms with van der Waals surface area (Å²) in [5.74, 6) is -0.458. The highest BCUT2D eigenvalue weighted by molar-refractivity contribution is 6.30. The molecule has 17 heavy (non-hydrogen) atoms. The molecule has 2 rings (SSSR count). The van der Waals surface area contributed by atoms with Gasteiger partial charge in [0.1, 0.15) is 11.5 Å². The Balaban J connectivity index is 2.16. The van der Waals surface area contributed by atoms with E-state index in [4.69, 9.17) is 11.6 Å². The fraction of sp³-hybridized carbons (Fsp3) is 0.273. The average Bonchev–Trinajstić information content (AvgIpc) is 2.72. The number of halogens is 2. The zero-order valence-electron chi connectivity index (χ0n) is 9.14. The molecule has 0 bridgehead atoms. The predicted octanol–water partition coefficient (Wildman–Crippen LogP) is 2.17. The number of rotatable bonds is 3. The Bertz CT molecular complexity index is 527. The molecule has 2 aromatic rings. The van der Waals surface area contributed by atoms with Gasteiger partial charge in [-0.2, -0.15) is 0 Å². The van der Waals surface area contributed by atoms with Crippen molar-refractivity contribution in [3.63, 3.8) is 0 Å². The van der Waals surface area contributed by atoms with Crippen LogP contribution in [-0.4, -0.2) is 20.1 Å². The average molecular weight is 256 g/mol. The van der Waals surface area contributed by atoms with Crippen LogP contribution in [0.1, 0.15) is 24.3 Å². The summed E-state index contributed by atoms with van der Waals surface area (Å²) in [4.78, 5) is 0. The molecule has 0 fully saturated rings. The number of benzene rings is 1. The van der Waals surface area contributed by atoms with Crippen LogP contribution in [0.5, 0.6) is 0 Å². The van der Waals surface area contributed by atoms with Gasteiger partial charge < -0.3 is 5.11 Å². The predicted molar refractivity (Wildman–Crippen MR) is 61.2 cm³/mol. The number of hydrogen-bond donors (Lipinski definition) is 1. The third-order valence-corrected chi connectivity index (χ3v) is 2.62. The van der Waals surface area contributed by atoms with Crippen molar-refractivity contribution in [1.82, 2.24) is 15.0 Å². The van der Waals surface area contributed by atoms with Crippen LogP contribution < -0.4 is 0 Å². The van der Waals surface area contributed by atoms with Crippen LogP contribution in [0.15, 0.2) is 24.4 Å². The topological polar surface area (TPSA) is 50.9 Å². The van der Waals surface area contributed by atoms with Gasteiger partial charge in [0, 0.05) is 0 Å². The maximum absolute atomic E-state index is 13.2. The molecule has 0 spiro atoms. The normalized spacial score (nSPS) is 12.7. The maximum atomic E-state index is 13.2. The molecule has 90 valence electrons. The third kappa shape index (κ3) is 2.81. The Hall–Kier alpha value is -1.46.